The molecule has 0 amide bonds. The Kier molecular flexibility index (Phi) is 5.13. The van der Waals surface area contributed by atoms with Crippen LogP contribution in [0.5, 0.6) is 0 Å². The predicted molar refractivity (Wildman–Crippen MR) is 81.0 cm³/mol. The molecule has 0 atom stereocenters. The summed E-state index contributed by atoms with van der Waals surface area (Å²) in [6.45, 7) is 9.30. The van der Waals surface area contributed by atoms with Crippen LogP contribution in [0.1, 0.15) is 32.1 Å². The summed E-state index contributed by atoms with van der Waals surface area (Å²) in [6, 6.07) is 0.648. The first-order chi connectivity index (χ1) is 9.35. The third-order valence-electron chi connectivity index (χ3n) is 3.80. The molecule has 2 aliphatic rings. The number of nitrogens with zero attached hydrogens (tertiary/aromatic N) is 2. The quantitative estimate of drug-likeness (QED) is 0.739. The summed E-state index contributed by atoms with van der Waals surface area (Å²) in [7, 11) is 0. The minimum atomic E-state index is 0.648. The zero-order chi connectivity index (χ0) is 13.5. The lowest BCUT2D eigenvalue weighted by Gasteiger charge is -2.36. The SMILES string of the molecule is C=CCN(CC=C)C1=CNN(C2CCCCC2)C=C1. The van der Waals surface area contributed by atoms with Gasteiger partial charge in [0.15, 0.2) is 0 Å². The minimum Gasteiger partial charge on any atom is -0.363 e. The summed E-state index contributed by atoms with van der Waals surface area (Å²) in [4.78, 5) is 2.24. The molecule has 1 heterocycles. The summed E-state index contributed by atoms with van der Waals surface area (Å²) in [5.41, 5.74) is 4.60. The zero-order valence-corrected chi connectivity index (χ0v) is 11.7. The molecule has 1 aliphatic carbocycles. The van der Waals surface area contributed by atoms with Crippen LogP contribution < -0.4 is 5.43 Å². The number of rotatable bonds is 6. The maximum Gasteiger partial charge on any atom is 0.0565 e. The van der Waals surface area contributed by atoms with Gasteiger partial charge in [-0.25, -0.2) is 0 Å². The van der Waals surface area contributed by atoms with Gasteiger partial charge in [-0.15, -0.1) is 13.2 Å². The van der Waals surface area contributed by atoms with Crippen molar-refractivity contribution in [2.45, 2.75) is 38.1 Å². The van der Waals surface area contributed by atoms with E-state index in [4.69, 9.17) is 0 Å². The molecule has 0 aromatic heterocycles. The second kappa shape index (κ2) is 7.07. The fourth-order valence-electron chi connectivity index (χ4n) is 2.77. The molecule has 3 heteroatoms. The molecule has 0 aromatic rings. The van der Waals surface area contributed by atoms with Crippen LogP contribution >= 0.6 is 0 Å². The maximum atomic E-state index is 3.81. The van der Waals surface area contributed by atoms with Crippen molar-refractivity contribution in [2.75, 3.05) is 13.1 Å². The smallest absolute Gasteiger partial charge is 0.0565 e. The fraction of sp³-hybridized carbons (Fsp3) is 0.500. The Morgan fingerprint density at radius 3 is 2.42 bits per heavy atom. The number of hydrazine groups is 1. The molecule has 1 N–H and O–H groups in total. The van der Waals surface area contributed by atoms with Crippen molar-refractivity contribution < 1.29 is 0 Å². The van der Waals surface area contributed by atoms with E-state index in [2.05, 4.69) is 47.0 Å². The molecule has 0 unspecified atom stereocenters. The van der Waals surface area contributed by atoms with Gasteiger partial charge in [-0.3, -0.25) is 5.01 Å². The monoisotopic (exact) mass is 259 g/mol. The summed E-state index contributed by atoms with van der Waals surface area (Å²) in [5.74, 6) is 0. The van der Waals surface area contributed by atoms with Gasteiger partial charge in [0.1, 0.15) is 0 Å². The van der Waals surface area contributed by atoms with Gasteiger partial charge in [0.2, 0.25) is 0 Å². The standard InChI is InChI=1S/C16H25N3/c1-3-11-18(12-4-2)16-10-13-19(17-14-16)15-8-6-5-7-9-15/h3-4,10,13-15,17H,1-2,5-9,11-12H2. The molecular weight excluding hydrogens is 234 g/mol. The molecule has 0 spiro atoms. The third-order valence-corrected chi connectivity index (χ3v) is 3.80. The Bertz CT molecular complexity index is 354. The highest BCUT2D eigenvalue weighted by Gasteiger charge is 2.20. The highest BCUT2D eigenvalue weighted by Crippen LogP contribution is 2.23. The number of hydrogen-bond donors (Lipinski definition) is 1. The number of hydrogen-bond acceptors (Lipinski definition) is 3. The van der Waals surface area contributed by atoms with Crippen molar-refractivity contribution in [3.05, 3.63) is 49.5 Å². The number of nitrogens with one attached hydrogen (secondary N) is 1. The Hall–Kier alpha value is -1.64. The van der Waals surface area contributed by atoms with E-state index in [1.54, 1.807) is 0 Å². The van der Waals surface area contributed by atoms with Crippen molar-refractivity contribution >= 4 is 0 Å². The van der Waals surface area contributed by atoms with Crippen molar-refractivity contribution in [3.63, 3.8) is 0 Å². The Balaban J connectivity index is 1.92. The van der Waals surface area contributed by atoms with Crippen LogP contribution in [0.15, 0.2) is 49.5 Å². The molecule has 1 aliphatic heterocycles. The summed E-state index contributed by atoms with van der Waals surface area (Å²) in [6.07, 6.45) is 17.0. The van der Waals surface area contributed by atoms with Crippen molar-refractivity contribution in [1.29, 1.82) is 0 Å². The average Bonchev–Trinajstić information content (AvgIpc) is 2.48. The predicted octanol–water partition coefficient (Wildman–Crippen LogP) is 3.17. The second-order valence-corrected chi connectivity index (χ2v) is 5.20. The van der Waals surface area contributed by atoms with Gasteiger partial charge in [0, 0.05) is 31.5 Å². The average molecular weight is 259 g/mol. The van der Waals surface area contributed by atoms with Gasteiger partial charge in [0.25, 0.3) is 0 Å². The van der Waals surface area contributed by atoms with E-state index in [-0.39, 0.29) is 0 Å². The lowest BCUT2D eigenvalue weighted by atomic mass is 9.95. The van der Waals surface area contributed by atoms with Crippen LogP contribution in [-0.2, 0) is 0 Å². The van der Waals surface area contributed by atoms with Gasteiger partial charge in [-0.05, 0) is 18.9 Å². The van der Waals surface area contributed by atoms with Gasteiger partial charge < -0.3 is 10.3 Å². The van der Waals surface area contributed by atoms with Gasteiger partial charge in [0.05, 0.1) is 5.70 Å². The van der Waals surface area contributed by atoms with E-state index in [0.29, 0.717) is 6.04 Å². The lowest BCUT2D eigenvalue weighted by Crippen LogP contribution is -2.42. The lowest BCUT2D eigenvalue weighted by molar-refractivity contribution is 0.174. The molecule has 0 bridgehead atoms. The first-order valence-electron chi connectivity index (χ1n) is 7.24. The third kappa shape index (κ3) is 3.66. The summed E-state index contributed by atoms with van der Waals surface area (Å²) in [5, 5.41) is 2.25. The normalized spacial score (nSPS) is 19.6. The highest BCUT2D eigenvalue weighted by atomic mass is 15.5. The van der Waals surface area contributed by atoms with Gasteiger partial charge in [-0.1, -0.05) is 31.4 Å². The van der Waals surface area contributed by atoms with Crippen LogP contribution in [0.4, 0.5) is 0 Å². The van der Waals surface area contributed by atoms with Crippen molar-refractivity contribution in [1.82, 2.24) is 15.3 Å². The minimum absolute atomic E-state index is 0.648. The molecule has 19 heavy (non-hydrogen) atoms. The maximum absolute atomic E-state index is 3.81. The van der Waals surface area contributed by atoms with E-state index in [0.717, 1.165) is 13.1 Å². The zero-order valence-electron chi connectivity index (χ0n) is 11.7. The molecule has 3 nitrogen and oxygen atoms in total. The van der Waals surface area contributed by atoms with E-state index in [1.165, 1.54) is 37.8 Å². The molecule has 0 radical (unpaired) electrons. The molecule has 1 saturated carbocycles. The number of allylic oxidation sites excluding steroid dienone is 1. The first kappa shape index (κ1) is 13.8. The molecule has 104 valence electrons. The topological polar surface area (TPSA) is 18.5 Å². The second-order valence-electron chi connectivity index (χ2n) is 5.20. The molecule has 0 saturated heterocycles. The van der Waals surface area contributed by atoms with Crippen LogP contribution in [0.3, 0.4) is 0 Å². The Morgan fingerprint density at radius 2 is 1.89 bits per heavy atom. The van der Waals surface area contributed by atoms with Gasteiger partial charge in [-0.2, -0.15) is 0 Å². The molecule has 0 aromatic carbocycles. The molecular formula is C16H25N3. The van der Waals surface area contributed by atoms with Gasteiger partial charge >= 0.3 is 0 Å². The Labute approximate surface area is 116 Å². The van der Waals surface area contributed by atoms with E-state index in [1.807, 2.05) is 12.2 Å². The molecule has 2 rings (SSSR count). The van der Waals surface area contributed by atoms with Crippen LogP contribution in [0, 0.1) is 0 Å². The van der Waals surface area contributed by atoms with Crippen molar-refractivity contribution in [2.24, 2.45) is 0 Å². The van der Waals surface area contributed by atoms with E-state index in [9.17, 15) is 0 Å². The molecule has 1 fully saturated rings. The largest absolute Gasteiger partial charge is 0.363 e. The van der Waals surface area contributed by atoms with Crippen LogP contribution in [0.25, 0.3) is 0 Å². The van der Waals surface area contributed by atoms with E-state index >= 15 is 0 Å². The summed E-state index contributed by atoms with van der Waals surface area (Å²) >= 11 is 0. The fourth-order valence-corrected chi connectivity index (χ4v) is 2.77. The van der Waals surface area contributed by atoms with E-state index < -0.39 is 0 Å². The first-order valence-corrected chi connectivity index (χ1v) is 7.24. The van der Waals surface area contributed by atoms with Crippen LogP contribution in [0.2, 0.25) is 0 Å². The van der Waals surface area contributed by atoms with Crippen molar-refractivity contribution in [3.8, 4) is 0 Å². The summed E-state index contributed by atoms with van der Waals surface area (Å²) < 4.78 is 0. The van der Waals surface area contributed by atoms with Crippen LogP contribution in [-0.4, -0.2) is 29.0 Å². The highest BCUT2D eigenvalue weighted by molar-refractivity contribution is 5.21. The Morgan fingerprint density at radius 1 is 1.21 bits per heavy atom.